The van der Waals surface area contributed by atoms with Crippen LogP contribution in [0.5, 0.6) is 0 Å². The zero-order chi connectivity index (χ0) is 14.3. The van der Waals surface area contributed by atoms with Crippen molar-refractivity contribution in [1.29, 1.82) is 5.26 Å². The van der Waals surface area contributed by atoms with Crippen LogP contribution in [-0.2, 0) is 0 Å². The minimum Gasteiger partial charge on any atom is -0.388 e. The molecule has 3 aliphatic rings. The second kappa shape index (κ2) is 5.02. The van der Waals surface area contributed by atoms with E-state index in [-0.39, 0.29) is 0 Å². The van der Waals surface area contributed by atoms with Gasteiger partial charge in [-0.05, 0) is 75.5 Å². The van der Waals surface area contributed by atoms with Crippen LogP contribution in [0.1, 0.15) is 84.0 Å². The van der Waals surface area contributed by atoms with E-state index >= 15 is 0 Å². The molecule has 1 N–H and O–H groups in total. The van der Waals surface area contributed by atoms with Gasteiger partial charge in [0, 0.05) is 0 Å². The maximum absolute atomic E-state index is 11.3. The SMILES string of the molecule is CC1CCC(C#N)(C2(O)CCC3(CCCC3)CC2)CC1. The Morgan fingerprint density at radius 2 is 1.45 bits per heavy atom. The van der Waals surface area contributed by atoms with Gasteiger partial charge in [0.2, 0.25) is 0 Å². The maximum atomic E-state index is 11.3. The van der Waals surface area contributed by atoms with E-state index < -0.39 is 11.0 Å². The molecule has 3 saturated carbocycles. The zero-order valence-electron chi connectivity index (χ0n) is 13.0. The largest absolute Gasteiger partial charge is 0.388 e. The molecule has 3 aliphatic carbocycles. The first-order valence-corrected chi connectivity index (χ1v) is 8.67. The Hall–Kier alpha value is -0.550. The summed E-state index contributed by atoms with van der Waals surface area (Å²) in [6.07, 6.45) is 13.6. The van der Waals surface area contributed by atoms with Crippen LogP contribution in [0.3, 0.4) is 0 Å². The molecule has 0 atom stereocenters. The van der Waals surface area contributed by atoms with Gasteiger partial charge < -0.3 is 5.11 Å². The Kier molecular flexibility index (Phi) is 3.61. The van der Waals surface area contributed by atoms with E-state index in [0.29, 0.717) is 5.41 Å². The predicted octanol–water partition coefficient (Wildman–Crippen LogP) is 4.57. The molecule has 0 bridgehead atoms. The molecule has 0 aromatic heterocycles. The fourth-order valence-corrected chi connectivity index (χ4v) is 5.23. The highest BCUT2D eigenvalue weighted by atomic mass is 16.3. The van der Waals surface area contributed by atoms with Crippen LogP contribution in [0.15, 0.2) is 0 Å². The van der Waals surface area contributed by atoms with Crippen LogP contribution in [0.25, 0.3) is 0 Å². The summed E-state index contributed by atoms with van der Waals surface area (Å²) in [5.74, 6) is 0.727. The van der Waals surface area contributed by atoms with Crippen molar-refractivity contribution >= 4 is 0 Å². The number of nitrogens with zero attached hydrogens (tertiary/aromatic N) is 1. The molecule has 0 aromatic rings. The van der Waals surface area contributed by atoms with Crippen LogP contribution in [0.4, 0.5) is 0 Å². The molecule has 0 saturated heterocycles. The predicted molar refractivity (Wildman–Crippen MR) is 80.0 cm³/mol. The Morgan fingerprint density at radius 1 is 0.900 bits per heavy atom. The van der Waals surface area contributed by atoms with Gasteiger partial charge in [-0.1, -0.05) is 19.8 Å². The summed E-state index contributed by atoms with van der Waals surface area (Å²) in [6.45, 7) is 2.28. The Labute approximate surface area is 123 Å². The molecular formula is C18H29NO. The standard InChI is InChI=1S/C18H29NO/c1-15-4-8-17(14-19,9-5-15)18(20)12-10-16(11-13-18)6-2-3-7-16/h15,20H,2-13H2,1H3. The summed E-state index contributed by atoms with van der Waals surface area (Å²) >= 11 is 0. The number of rotatable bonds is 1. The van der Waals surface area contributed by atoms with Crippen molar-refractivity contribution in [3.63, 3.8) is 0 Å². The average Bonchev–Trinajstić information content (AvgIpc) is 2.92. The lowest BCUT2D eigenvalue weighted by atomic mass is 9.55. The van der Waals surface area contributed by atoms with E-state index in [1.807, 2.05) is 0 Å². The first-order valence-electron chi connectivity index (χ1n) is 8.67. The smallest absolute Gasteiger partial charge is 0.0860 e. The zero-order valence-corrected chi connectivity index (χ0v) is 13.0. The molecule has 0 amide bonds. The molecule has 0 aliphatic heterocycles. The van der Waals surface area contributed by atoms with Gasteiger partial charge in [-0.25, -0.2) is 0 Å². The van der Waals surface area contributed by atoms with E-state index in [9.17, 15) is 10.4 Å². The molecule has 112 valence electrons. The highest BCUT2D eigenvalue weighted by molar-refractivity contribution is 5.15. The molecule has 2 heteroatoms. The van der Waals surface area contributed by atoms with Gasteiger partial charge in [0.15, 0.2) is 0 Å². The van der Waals surface area contributed by atoms with Gasteiger partial charge in [0.05, 0.1) is 17.1 Å². The lowest BCUT2D eigenvalue weighted by molar-refractivity contribution is -0.120. The molecule has 3 fully saturated rings. The van der Waals surface area contributed by atoms with Crippen LogP contribution in [-0.4, -0.2) is 10.7 Å². The topological polar surface area (TPSA) is 44.0 Å². The molecule has 2 nitrogen and oxygen atoms in total. The van der Waals surface area contributed by atoms with Gasteiger partial charge in [0.25, 0.3) is 0 Å². The van der Waals surface area contributed by atoms with Gasteiger partial charge in [-0.3, -0.25) is 0 Å². The number of hydrogen-bond acceptors (Lipinski definition) is 2. The van der Waals surface area contributed by atoms with E-state index in [1.165, 1.54) is 25.7 Å². The summed E-state index contributed by atoms with van der Waals surface area (Å²) in [5.41, 5.74) is -0.611. The molecule has 3 rings (SSSR count). The van der Waals surface area contributed by atoms with Gasteiger partial charge in [0.1, 0.15) is 0 Å². The monoisotopic (exact) mass is 275 g/mol. The fourth-order valence-electron chi connectivity index (χ4n) is 5.23. The Balaban J connectivity index is 1.74. The van der Waals surface area contributed by atoms with Gasteiger partial charge in [-0.2, -0.15) is 5.26 Å². The third-order valence-electron chi connectivity index (χ3n) is 7.03. The van der Waals surface area contributed by atoms with Crippen molar-refractivity contribution in [2.45, 2.75) is 89.6 Å². The van der Waals surface area contributed by atoms with Crippen LogP contribution >= 0.6 is 0 Å². The highest BCUT2D eigenvalue weighted by Gasteiger charge is 2.55. The van der Waals surface area contributed by atoms with E-state index in [1.54, 1.807) is 0 Å². The van der Waals surface area contributed by atoms with E-state index in [0.717, 1.165) is 57.3 Å². The second-order valence-corrected chi connectivity index (χ2v) is 8.12. The molecule has 0 radical (unpaired) electrons. The summed E-state index contributed by atoms with van der Waals surface area (Å²) < 4.78 is 0. The highest BCUT2D eigenvalue weighted by Crippen LogP contribution is 2.58. The van der Waals surface area contributed by atoms with E-state index in [2.05, 4.69) is 13.0 Å². The van der Waals surface area contributed by atoms with Crippen molar-refractivity contribution in [2.75, 3.05) is 0 Å². The number of nitriles is 1. The normalized spacial score (nSPS) is 39.5. The van der Waals surface area contributed by atoms with Crippen molar-refractivity contribution in [3.8, 4) is 6.07 Å². The minimum absolute atomic E-state index is 0.445. The van der Waals surface area contributed by atoms with Crippen molar-refractivity contribution in [2.24, 2.45) is 16.7 Å². The van der Waals surface area contributed by atoms with Crippen LogP contribution < -0.4 is 0 Å². The molecule has 20 heavy (non-hydrogen) atoms. The maximum Gasteiger partial charge on any atom is 0.0860 e. The Bertz CT molecular complexity index is 384. The van der Waals surface area contributed by atoms with E-state index in [4.69, 9.17) is 0 Å². The lowest BCUT2D eigenvalue weighted by Gasteiger charge is -2.51. The number of aliphatic hydroxyl groups is 1. The summed E-state index contributed by atoms with van der Waals surface area (Å²) in [6, 6.07) is 2.58. The minimum atomic E-state index is -0.699. The average molecular weight is 275 g/mol. The first-order chi connectivity index (χ1) is 9.53. The van der Waals surface area contributed by atoms with Crippen molar-refractivity contribution in [1.82, 2.24) is 0 Å². The van der Waals surface area contributed by atoms with Gasteiger partial charge >= 0.3 is 0 Å². The molecule has 1 spiro atoms. The summed E-state index contributed by atoms with van der Waals surface area (Å²) in [7, 11) is 0. The van der Waals surface area contributed by atoms with Crippen LogP contribution in [0.2, 0.25) is 0 Å². The lowest BCUT2D eigenvalue weighted by Crippen LogP contribution is -2.52. The van der Waals surface area contributed by atoms with Crippen LogP contribution in [0, 0.1) is 28.1 Å². The third-order valence-corrected chi connectivity index (χ3v) is 7.03. The molecular weight excluding hydrogens is 246 g/mol. The summed E-state index contributed by atoms with van der Waals surface area (Å²) in [5, 5.41) is 21.0. The first kappa shape index (κ1) is 14.4. The molecule has 0 aromatic carbocycles. The van der Waals surface area contributed by atoms with Gasteiger partial charge in [-0.15, -0.1) is 0 Å². The third kappa shape index (κ3) is 2.19. The second-order valence-electron chi connectivity index (χ2n) is 8.12. The quantitative estimate of drug-likeness (QED) is 0.761. The van der Waals surface area contributed by atoms with Crippen molar-refractivity contribution < 1.29 is 5.11 Å². The fraction of sp³-hybridized carbons (Fsp3) is 0.944. The molecule has 0 heterocycles. The number of hydrogen-bond donors (Lipinski definition) is 1. The Morgan fingerprint density at radius 3 is 1.95 bits per heavy atom. The summed E-state index contributed by atoms with van der Waals surface area (Å²) in [4.78, 5) is 0. The molecule has 0 unspecified atom stereocenters. The van der Waals surface area contributed by atoms with Crippen molar-refractivity contribution in [3.05, 3.63) is 0 Å².